The molecule has 0 saturated heterocycles. The maximum absolute atomic E-state index is 12.5. The van der Waals surface area contributed by atoms with Crippen LogP contribution in [0.15, 0.2) is 36.4 Å². The second-order valence-electron chi connectivity index (χ2n) is 5.75. The van der Waals surface area contributed by atoms with E-state index in [0.29, 0.717) is 17.2 Å². The fourth-order valence-corrected chi connectivity index (χ4v) is 2.91. The van der Waals surface area contributed by atoms with E-state index < -0.39 is 5.97 Å². The Morgan fingerprint density at radius 3 is 2.22 bits per heavy atom. The molecule has 0 aromatic heterocycles. The Morgan fingerprint density at radius 1 is 0.926 bits per heavy atom. The van der Waals surface area contributed by atoms with Gasteiger partial charge in [0.2, 0.25) is 5.75 Å². The molecular formula is C20H21NO6. The number of nitrogens with one attached hydrogen (secondary N) is 1. The summed E-state index contributed by atoms with van der Waals surface area (Å²) in [5.74, 6) is 1.38. The summed E-state index contributed by atoms with van der Waals surface area (Å²) in [5, 5.41) is 0. The van der Waals surface area contributed by atoms with Gasteiger partial charge in [0.1, 0.15) is 5.75 Å². The third kappa shape index (κ3) is 3.62. The van der Waals surface area contributed by atoms with Gasteiger partial charge >= 0.3 is 5.97 Å². The number of ether oxygens (including phenoxy) is 4. The summed E-state index contributed by atoms with van der Waals surface area (Å²) in [5.41, 5.74) is 5.80. The number of benzene rings is 2. The fourth-order valence-electron chi connectivity index (χ4n) is 2.91. The Morgan fingerprint density at radius 2 is 1.63 bits per heavy atom. The molecule has 0 atom stereocenters. The molecule has 0 radical (unpaired) electrons. The smallest absolute Gasteiger partial charge is 0.363 e. The molecule has 0 aliphatic heterocycles. The normalized spacial score (nSPS) is 11.9. The first-order chi connectivity index (χ1) is 13.1. The largest absolute Gasteiger partial charge is 0.497 e. The van der Waals surface area contributed by atoms with E-state index in [4.69, 9.17) is 23.8 Å². The molecule has 7 heteroatoms. The predicted molar refractivity (Wildman–Crippen MR) is 99.3 cm³/mol. The first-order valence-corrected chi connectivity index (χ1v) is 8.26. The summed E-state index contributed by atoms with van der Waals surface area (Å²) >= 11 is 0. The number of rotatable bonds is 7. The predicted octanol–water partition coefficient (Wildman–Crippen LogP) is 2.98. The van der Waals surface area contributed by atoms with Crippen LogP contribution < -0.4 is 24.4 Å². The van der Waals surface area contributed by atoms with Crippen molar-refractivity contribution in [2.24, 2.45) is 0 Å². The van der Waals surface area contributed by atoms with Gasteiger partial charge in [-0.15, -0.1) is 0 Å². The Hall–Kier alpha value is -3.35. The van der Waals surface area contributed by atoms with Crippen molar-refractivity contribution in [3.8, 4) is 23.0 Å². The van der Waals surface area contributed by atoms with Crippen molar-refractivity contribution in [3.05, 3.63) is 53.1 Å². The molecule has 2 aromatic rings. The van der Waals surface area contributed by atoms with E-state index in [1.807, 2.05) is 24.3 Å². The molecule has 1 aliphatic rings. The molecule has 3 rings (SSSR count). The van der Waals surface area contributed by atoms with Gasteiger partial charge in [0.05, 0.1) is 39.7 Å². The lowest BCUT2D eigenvalue weighted by atomic mass is 10.1. The summed E-state index contributed by atoms with van der Waals surface area (Å²) in [6.07, 6.45) is 2.68. The third-order valence-corrected chi connectivity index (χ3v) is 4.28. The van der Waals surface area contributed by atoms with Gasteiger partial charge in [-0.25, -0.2) is 10.3 Å². The van der Waals surface area contributed by atoms with E-state index >= 15 is 0 Å². The van der Waals surface area contributed by atoms with E-state index in [-0.39, 0.29) is 5.56 Å². The van der Waals surface area contributed by atoms with Crippen LogP contribution in [0.5, 0.6) is 23.0 Å². The maximum atomic E-state index is 12.5. The van der Waals surface area contributed by atoms with Crippen molar-refractivity contribution in [3.63, 3.8) is 0 Å². The van der Waals surface area contributed by atoms with E-state index in [0.717, 1.165) is 29.0 Å². The van der Waals surface area contributed by atoms with Gasteiger partial charge in [-0.05, 0) is 42.3 Å². The first-order valence-electron chi connectivity index (χ1n) is 8.26. The Kier molecular flexibility index (Phi) is 5.40. The Balaban J connectivity index is 1.74. The van der Waals surface area contributed by atoms with E-state index in [9.17, 15) is 4.79 Å². The second kappa shape index (κ2) is 7.90. The number of allylic oxidation sites excluding steroid dienone is 1. The monoisotopic (exact) mass is 371 g/mol. The standard InChI is InChI=1S/C20H21NO6/c1-23-14-6-7-15-12(9-14)5-8-16(15)21-27-20(22)13-10-17(24-2)19(26-4)18(11-13)25-3/h6-11,21H,5H2,1-4H3. The highest BCUT2D eigenvalue weighted by Gasteiger charge is 2.20. The Bertz CT molecular complexity index is 865. The van der Waals surface area contributed by atoms with Crippen LogP contribution in [0.25, 0.3) is 5.70 Å². The summed E-state index contributed by atoms with van der Waals surface area (Å²) in [6, 6.07) is 8.82. The van der Waals surface area contributed by atoms with Crippen molar-refractivity contribution >= 4 is 11.7 Å². The molecule has 0 fully saturated rings. The molecule has 2 aromatic carbocycles. The number of carbonyl (C=O) groups is 1. The van der Waals surface area contributed by atoms with Crippen LogP contribution in [-0.2, 0) is 11.3 Å². The van der Waals surface area contributed by atoms with Crippen LogP contribution in [0.2, 0.25) is 0 Å². The van der Waals surface area contributed by atoms with Gasteiger partial charge in [0.25, 0.3) is 0 Å². The van der Waals surface area contributed by atoms with Crippen LogP contribution in [0.1, 0.15) is 21.5 Å². The fraction of sp³-hybridized carbons (Fsp3) is 0.250. The molecule has 1 aliphatic carbocycles. The molecule has 27 heavy (non-hydrogen) atoms. The minimum absolute atomic E-state index is 0.269. The van der Waals surface area contributed by atoms with Gasteiger partial charge in [-0.2, -0.15) is 0 Å². The van der Waals surface area contributed by atoms with Gasteiger partial charge in [-0.1, -0.05) is 6.08 Å². The zero-order valence-corrected chi connectivity index (χ0v) is 15.6. The molecule has 142 valence electrons. The lowest BCUT2D eigenvalue weighted by molar-refractivity contribution is 0.0368. The minimum atomic E-state index is -0.572. The van der Waals surface area contributed by atoms with Crippen molar-refractivity contribution in [1.82, 2.24) is 5.48 Å². The minimum Gasteiger partial charge on any atom is -0.497 e. The lowest BCUT2D eigenvalue weighted by Crippen LogP contribution is -2.18. The zero-order valence-electron chi connectivity index (χ0n) is 15.6. The number of hydrogen-bond donors (Lipinski definition) is 1. The van der Waals surface area contributed by atoms with Gasteiger partial charge in [0, 0.05) is 5.56 Å². The van der Waals surface area contributed by atoms with Gasteiger partial charge in [-0.3, -0.25) is 0 Å². The average Bonchev–Trinajstić information content (AvgIpc) is 3.12. The SMILES string of the molecule is COc1ccc2c(c1)CC=C2NOC(=O)c1cc(OC)c(OC)c(OC)c1. The van der Waals surface area contributed by atoms with Crippen molar-refractivity contribution in [1.29, 1.82) is 0 Å². The topological polar surface area (TPSA) is 75.3 Å². The van der Waals surface area contributed by atoms with E-state index in [1.54, 1.807) is 7.11 Å². The highest BCUT2D eigenvalue weighted by molar-refractivity contribution is 5.91. The number of hydroxylamine groups is 1. The number of fused-ring (bicyclic) bond motifs is 1. The summed E-state index contributed by atoms with van der Waals surface area (Å²) in [6.45, 7) is 0. The lowest BCUT2D eigenvalue weighted by Gasteiger charge is -2.14. The zero-order chi connectivity index (χ0) is 19.4. The molecule has 1 N–H and O–H groups in total. The summed E-state index contributed by atoms with van der Waals surface area (Å²) in [7, 11) is 6.10. The number of hydrogen-bond acceptors (Lipinski definition) is 7. The van der Waals surface area contributed by atoms with Crippen LogP contribution in [0, 0.1) is 0 Å². The van der Waals surface area contributed by atoms with E-state index in [2.05, 4.69) is 5.48 Å². The molecule has 7 nitrogen and oxygen atoms in total. The highest BCUT2D eigenvalue weighted by Crippen LogP contribution is 2.38. The summed E-state index contributed by atoms with van der Waals surface area (Å²) < 4.78 is 21.0. The Labute approximate surface area is 157 Å². The quantitative estimate of drug-likeness (QED) is 0.750. The van der Waals surface area contributed by atoms with Gasteiger partial charge in [0.15, 0.2) is 11.5 Å². The van der Waals surface area contributed by atoms with Gasteiger partial charge < -0.3 is 23.8 Å². The van der Waals surface area contributed by atoms with Crippen LogP contribution >= 0.6 is 0 Å². The third-order valence-electron chi connectivity index (χ3n) is 4.28. The van der Waals surface area contributed by atoms with Crippen LogP contribution in [-0.4, -0.2) is 34.4 Å². The number of methoxy groups -OCH3 is 4. The molecular weight excluding hydrogens is 350 g/mol. The molecule has 0 heterocycles. The molecule has 0 amide bonds. The molecule has 0 saturated carbocycles. The van der Waals surface area contributed by atoms with E-state index in [1.165, 1.54) is 33.5 Å². The maximum Gasteiger partial charge on any atom is 0.363 e. The van der Waals surface area contributed by atoms with Crippen LogP contribution in [0.4, 0.5) is 0 Å². The van der Waals surface area contributed by atoms with Crippen molar-refractivity contribution in [2.75, 3.05) is 28.4 Å². The van der Waals surface area contributed by atoms with Crippen molar-refractivity contribution in [2.45, 2.75) is 6.42 Å². The highest BCUT2D eigenvalue weighted by atomic mass is 16.7. The molecule has 0 bridgehead atoms. The number of carbonyl (C=O) groups excluding carboxylic acids is 1. The first kappa shape index (κ1) is 18.4. The second-order valence-corrected chi connectivity index (χ2v) is 5.75. The van der Waals surface area contributed by atoms with Crippen molar-refractivity contribution < 1.29 is 28.6 Å². The molecule has 0 unspecified atom stereocenters. The molecule has 0 spiro atoms. The summed E-state index contributed by atoms with van der Waals surface area (Å²) in [4.78, 5) is 17.7. The van der Waals surface area contributed by atoms with Crippen LogP contribution in [0.3, 0.4) is 0 Å². The average molecular weight is 371 g/mol.